The van der Waals surface area contributed by atoms with Gasteiger partial charge in [0.25, 0.3) is 11.8 Å². The van der Waals surface area contributed by atoms with Gasteiger partial charge in [-0.25, -0.2) is 0 Å². The van der Waals surface area contributed by atoms with Crippen molar-refractivity contribution in [2.45, 2.75) is 45.2 Å². The summed E-state index contributed by atoms with van der Waals surface area (Å²) < 4.78 is 5.29. The van der Waals surface area contributed by atoms with Crippen LogP contribution in [-0.4, -0.2) is 39.3 Å². The fourth-order valence-electron chi connectivity index (χ4n) is 2.73. The maximum Gasteiger partial charge on any atom is 0.273 e. The van der Waals surface area contributed by atoms with Crippen LogP contribution in [0.3, 0.4) is 0 Å². The van der Waals surface area contributed by atoms with Gasteiger partial charge in [-0.2, -0.15) is 10.2 Å². The highest BCUT2D eigenvalue weighted by atomic mass is 16.5. The lowest BCUT2D eigenvalue weighted by Crippen LogP contribution is -2.39. The standard InChI is InChI=1S/C16H19N5O3/c1-9(2)19-16(23)14-12-7-11(3-4-13(12)24-21-14)20-15(22)10-5-6-17-18-8-10/h5-6,8-9,11H,3-4,7H2,1-2H3,(H,19,23)(H,20,22). The molecule has 1 unspecified atom stereocenters. The third-order valence-corrected chi connectivity index (χ3v) is 3.86. The third kappa shape index (κ3) is 3.42. The molecule has 3 rings (SSSR count). The molecule has 1 aliphatic rings. The molecule has 0 aromatic carbocycles. The van der Waals surface area contributed by atoms with E-state index in [4.69, 9.17) is 4.52 Å². The summed E-state index contributed by atoms with van der Waals surface area (Å²) in [6, 6.07) is 1.55. The molecule has 0 fully saturated rings. The first-order valence-electron chi connectivity index (χ1n) is 7.90. The van der Waals surface area contributed by atoms with Gasteiger partial charge in [-0.1, -0.05) is 5.16 Å². The Bertz CT molecular complexity index is 741. The number of fused-ring (bicyclic) bond motifs is 1. The van der Waals surface area contributed by atoms with Crippen LogP contribution in [0.25, 0.3) is 0 Å². The van der Waals surface area contributed by atoms with E-state index in [1.807, 2.05) is 13.8 Å². The largest absolute Gasteiger partial charge is 0.360 e. The van der Waals surface area contributed by atoms with Crippen molar-refractivity contribution in [2.75, 3.05) is 0 Å². The molecule has 0 saturated carbocycles. The topological polar surface area (TPSA) is 110 Å². The monoisotopic (exact) mass is 329 g/mol. The van der Waals surface area contributed by atoms with E-state index in [0.717, 1.165) is 17.7 Å². The lowest BCUT2D eigenvalue weighted by molar-refractivity contribution is 0.0928. The van der Waals surface area contributed by atoms with Crippen molar-refractivity contribution in [3.05, 3.63) is 41.0 Å². The molecule has 1 atom stereocenters. The number of carbonyl (C=O) groups excluding carboxylic acids is 2. The predicted molar refractivity (Wildman–Crippen MR) is 84.4 cm³/mol. The lowest BCUT2D eigenvalue weighted by atomic mass is 9.91. The van der Waals surface area contributed by atoms with Crippen molar-refractivity contribution in [3.63, 3.8) is 0 Å². The van der Waals surface area contributed by atoms with Crippen LogP contribution in [0.15, 0.2) is 23.0 Å². The first kappa shape index (κ1) is 16.1. The Morgan fingerprint density at radius 1 is 1.29 bits per heavy atom. The van der Waals surface area contributed by atoms with Crippen molar-refractivity contribution in [2.24, 2.45) is 0 Å². The van der Waals surface area contributed by atoms with E-state index in [1.165, 1.54) is 12.4 Å². The first-order chi connectivity index (χ1) is 11.5. The summed E-state index contributed by atoms with van der Waals surface area (Å²) in [4.78, 5) is 24.4. The number of amides is 2. The van der Waals surface area contributed by atoms with Crippen molar-refractivity contribution in [3.8, 4) is 0 Å². The fourth-order valence-corrected chi connectivity index (χ4v) is 2.73. The second-order valence-electron chi connectivity index (χ2n) is 6.11. The number of hydrogen-bond acceptors (Lipinski definition) is 6. The lowest BCUT2D eigenvalue weighted by Gasteiger charge is -2.22. The molecule has 126 valence electrons. The van der Waals surface area contributed by atoms with E-state index in [2.05, 4.69) is 26.0 Å². The molecule has 0 saturated heterocycles. The van der Waals surface area contributed by atoms with E-state index in [1.54, 1.807) is 6.07 Å². The summed E-state index contributed by atoms with van der Waals surface area (Å²) in [6.07, 6.45) is 4.78. The van der Waals surface area contributed by atoms with Crippen molar-refractivity contribution < 1.29 is 14.1 Å². The third-order valence-electron chi connectivity index (χ3n) is 3.86. The van der Waals surface area contributed by atoms with Gasteiger partial charge in [-0.05, 0) is 32.8 Å². The molecule has 2 amide bonds. The Kier molecular flexibility index (Phi) is 4.54. The second-order valence-corrected chi connectivity index (χ2v) is 6.11. The summed E-state index contributed by atoms with van der Waals surface area (Å²) in [5.41, 5.74) is 1.54. The van der Waals surface area contributed by atoms with Crippen LogP contribution in [0.5, 0.6) is 0 Å². The Hall–Kier alpha value is -2.77. The molecule has 1 aliphatic carbocycles. The zero-order valence-electron chi connectivity index (χ0n) is 13.6. The zero-order valence-corrected chi connectivity index (χ0v) is 13.6. The van der Waals surface area contributed by atoms with Crippen LogP contribution < -0.4 is 10.6 Å². The Morgan fingerprint density at radius 3 is 2.83 bits per heavy atom. The van der Waals surface area contributed by atoms with Crippen LogP contribution in [0.2, 0.25) is 0 Å². The van der Waals surface area contributed by atoms with Crippen molar-refractivity contribution >= 4 is 11.8 Å². The van der Waals surface area contributed by atoms with Gasteiger partial charge in [0.1, 0.15) is 5.76 Å². The first-order valence-corrected chi connectivity index (χ1v) is 7.90. The minimum Gasteiger partial charge on any atom is -0.360 e. The van der Waals surface area contributed by atoms with Crippen LogP contribution in [0.4, 0.5) is 0 Å². The normalized spacial score (nSPS) is 16.5. The maximum absolute atomic E-state index is 12.2. The fraction of sp³-hybridized carbons (Fsp3) is 0.438. The van der Waals surface area contributed by atoms with E-state index in [-0.39, 0.29) is 23.9 Å². The summed E-state index contributed by atoms with van der Waals surface area (Å²) >= 11 is 0. The average Bonchev–Trinajstić information content (AvgIpc) is 2.98. The molecule has 2 heterocycles. The highest BCUT2D eigenvalue weighted by molar-refractivity contribution is 5.95. The molecule has 0 radical (unpaired) electrons. The number of hydrogen-bond donors (Lipinski definition) is 2. The Morgan fingerprint density at radius 2 is 2.12 bits per heavy atom. The number of carbonyl (C=O) groups is 2. The molecule has 2 aromatic rings. The van der Waals surface area contributed by atoms with Crippen molar-refractivity contribution in [1.82, 2.24) is 26.0 Å². The van der Waals surface area contributed by atoms with Crippen LogP contribution in [0, 0.1) is 0 Å². The molecule has 8 heteroatoms. The summed E-state index contributed by atoms with van der Waals surface area (Å²) in [5, 5.41) is 17.0. The average molecular weight is 329 g/mol. The number of nitrogens with one attached hydrogen (secondary N) is 2. The molecule has 0 aliphatic heterocycles. The number of aromatic nitrogens is 3. The van der Waals surface area contributed by atoms with Gasteiger partial charge in [-0.3, -0.25) is 9.59 Å². The summed E-state index contributed by atoms with van der Waals surface area (Å²) in [6.45, 7) is 3.77. The number of rotatable bonds is 4. The smallest absolute Gasteiger partial charge is 0.273 e. The predicted octanol–water partition coefficient (Wildman–Crippen LogP) is 0.890. The van der Waals surface area contributed by atoms with Gasteiger partial charge >= 0.3 is 0 Å². The maximum atomic E-state index is 12.2. The summed E-state index contributed by atoms with van der Waals surface area (Å²) in [7, 11) is 0. The van der Waals surface area contributed by atoms with Gasteiger partial charge in [0.05, 0.1) is 18.0 Å². The van der Waals surface area contributed by atoms with E-state index < -0.39 is 0 Å². The minimum atomic E-state index is -0.250. The van der Waals surface area contributed by atoms with Gasteiger partial charge < -0.3 is 15.2 Å². The highest BCUT2D eigenvalue weighted by Crippen LogP contribution is 2.25. The molecule has 8 nitrogen and oxygen atoms in total. The van der Waals surface area contributed by atoms with Gasteiger partial charge in [0.15, 0.2) is 5.69 Å². The molecular weight excluding hydrogens is 310 g/mol. The van der Waals surface area contributed by atoms with Crippen molar-refractivity contribution in [1.29, 1.82) is 0 Å². The molecule has 2 N–H and O–H groups in total. The SMILES string of the molecule is CC(C)NC(=O)c1noc2c1CC(NC(=O)c1ccnnc1)CC2. The minimum absolute atomic E-state index is 0.0168. The van der Waals surface area contributed by atoms with Gasteiger partial charge in [0.2, 0.25) is 0 Å². The van der Waals surface area contributed by atoms with E-state index in [0.29, 0.717) is 24.1 Å². The number of aryl methyl sites for hydroxylation is 1. The summed E-state index contributed by atoms with van der Waals surface area (Å²) in [5.74, 6) is 0.267. The molecule has 24 heavy (non-hydrogen) atoms. The van der Waals surface area contributed by atoms with Crippen LogP contribution in [-0.2, 0) is 12.8 Å². The molecule has 2 aromatic heterocycles. The molecular formula is C16H19N5O3. The quantitative estimate of drug-likeness (QED) is 0.862. The van der Waals surface area contributed by atoms with E-state index in [9.17, 15) is 9.59 Å². The van der Waals surface area contributed by atoms with Crippen LogP contribution in [0.1, 0.15) is 52.4 Å². The Balaban J connectivity index is 1.71. The zero-order chi connectivity index (χ0) is 17.1. The Labute approximate surface area is 139 Å². The van der Waals surface area contributed by atoms with Gasteiger partial charge in [0, 0.05) is 24.1 Å². The second kappa shape index (κ2) is 6.77. The van der Waals surface area contributed by atoms with Gasteiger partial charge in [-0.15, -0.1) is 0 Å². The van der Waals surface area contributed by atoms with Crippen LogP contribution >= 0.6 is 0 Å². The highest BCUT2D eigenvalue weighted by Gasteiger charge is 2.29. The molecule has 0 spiro atoms. The molecule has 0 bridgehead atoms. The van der Waals surface area contributed by atoms with E-state index >= 15 is 0 Å². The number of nitrogens with zero attached hydrogens (tertiary/aromatic N) is 3.